The van der Waals surface area contributed by atoms with E-state index in [1.165, 1.54) is 6.92 Å². The van der Waals surface area contributed by atoms with Crippen LogP contribution < -0.4 is 5.14 Å². The van der Waals surface area contributed by atoms with Crippen LogP contribution in [0.25, 0.3) is 0 Å². The monoisotopic (exact) mass is 235 g/mol. The quantitative estimate of drug-likeness (QED) is 0.722. The minimum absolute atomic E-state index is 0.182. The van der Waals surface area contributed by atoms with Gasteiger partial charge in [-0.2, -0.15) is 0 Å². The maximum atomic E-state index is 12.4. The minimum atomic E-state index is -3.88. The smallest absolute Gasteiger partial charge is 0.214 e. The molecule has 0 radical (unpaired) electrons. The van der Waals surface area contributed by atoms with E-state index >= 15 is 0 Å². The second-order valence-corrected chi connectivity index (χ2v) is 4.92. The number of nitrogens with two attached hydrogens (primary N) is 1. The second-order valence-electron chi connectivity index (χ2n) is 3.00. The third-order valence-electron chi connectivity index (χ3n) is 1.87. The molecule has 1 aromatic heterocycles. The molecule has 6 nitrogen and oxygen atoms in total. The molecule has 3 N–H and O–H groups in total. The molecule has 0 aromatic carbocycles. The standard InChI is InChI=1S/C7H10FN3O3S/c1-4(15(9,13)14)6(12)7-10-2-5(8)3-11-7/h2-4,6,12H,1H3,(H2,9,13,14)/t4-,6-/m1/s1. The van der Waals surface area contributed by atoms with E-state index in [9.17, 15) is 17.9 Å². The van der Waals surface area contributed by atoms with Gasteiger partial charge in [0.15, 0.2) is 11.6 Å². The summed E-state index contributed by atoms with van der Waals surface area (Å²) in [5.74, 6) is -0.855. The van der Waals surface area contributed by atoms with Crippen molar-refractivity contribution >= 4 is 10.0 Å². The zero-order valence-electron chi connectivity index (χ0n) is 7.83. The molecule has 0 saturated heterocycles. The van der Waals surface area contributed by atoms with E-state index in [0.717, 1.165) is 12.4 Å². The number of aliphatic hydroxyl groups excluding tert-OH is 1. The average molecular weight is 235 g/mol. The van der Waals surface area contributed by atoms with Crippen LogP contribution in [0.4, 0.5) is 4.39 Å². The number of rotatable bonds is 3. The summed E-state index contributed by atoms with van der Waals surface area (Å²) in [5, 5.41) is 13.1. The Kier molecular flexibility index (Phi) is 3.32. The fourth-order valence-corrected chi connectivity index (χ4v) is 1.35. The number of aliphatic hydroxyl groups is 1. The summed E-state index contributed by atoms with van der Waals surface area (Å²) in [6.07, 6.45) is 0.198. The molecule has 0 aliphatic heterocycles. The molecule has 0 saturated carbocycles. The van der Waals surface area contributed by atoms with Crippen molar-refractivity contribution < 1.29 is 17.9 Å². The van der Waals surface area contributed by atoms with Crippen molar-refractivity contribution in [1.29, 1.82) is 0 Å². The van der Waals surface area contributed by atoms with Gasteiger partial charge in [-0.05, 0) is 6.92 Å². The fraction of sp³-hybridized carbons (Fsp3) is 0.429. The first-order valence-electron chi connectivity index (χ1n) is 3.99. The Bertz CT molecular complexity index is 433. The largest absolute Gasteiger partial charge is 0.384 e. The van der Waals surface area contributed by atoms with E-state index in [1.54, 1.807) is 0 Å². The number of halogens is 1. The Morgan fingerprint density at radius 3 is 2.33 bits per heavy atom. The molecule has 0 spiro atoms. The van der Waals surface area contributed by atoms with Gasteiger partial charge in [-0.3, -0.25) is 0 Å². The Labute approximate surface area is 86.0 Å². The van der Waals surface area contributed by atoms with Crippen molar-refractivity contribution in [2.75, 3.05) is 0 Å². The highest BCUT2D eigenvalue weighted by molar-refractivity contribution is 7.89. The van der Waals surface area contributed by atoms with Crippen molar-refractivity contribution in [3.8, 4) is 0 Å². The van der Waals surface area contributed by atoms with Crippen molar-refractivity contribution in [2.24, 2.45) is 5.14 Å². The van der Waals surface area contributed by atoms with Gasteiger partial charge in [0.2, 0.25) is 10.0 Å². The van der Waals surface area contributed by atoms with Gasteiger partial charge in [-0.1, -0.05) is 0 Å². The van der Waals surface area contributed by atoms with E-state index in [1.807, 2.05) is 0 Å². The summed E-state index contributed by atoms with van der Waals surface area (Å²) >= 11 is 0. The zero-order valence-corrected chi connectivity index (χ0v) is 8.65. The molecule has 0 unspecified atom stereocenters. The summed E-state index contributed by atoms with van der Waals surface area (Å²) in [5.41, 5.74) is 0. The van der Waals surface area contributed by atoms with Crippen LogP contribution in [0.5, 0.6) is 0 Å². The molecule has 2 atom stereocenters. The number of hydrogen-bond donors (Lipinski definition) is 2. The number of aromatic nitrogens is 2. The normalized spacial score (nSPS) is 16.0. The van der Waals surface area contributed by atoms with Crippen LogP contribution in [0.15, 0.2) is 12.4 Å². The van der Waals surface area contributed by atoms with Crippen molar-refractivity contribution in [3.63, 3.8) is 0 Å². The topological polar surface area (TPSA) is 106 Å². The minimum Gasteiger partial charge on any atom is -0.384 e. The lowest BCUT2D eigenvalue weighted by atomic mass is 10.2. The van der Waals surface area contributed by atoms with Crippen molar-refractivity contribution in [3.05, 3.63) is 24.0 Å². The Morgan fingerprint density at radius 1 is 1.47 bits per heavy atom. The lowest BCUT2D eigenvalue weighted by molar-refractivity contribution is 0.165. The van der Waals surface area contributed by atoms with E-state index in [4.69, 9.17) is 5.14 Å². The van der Waals surface area contributed by atoms with Crippen molar-refractivity contribution in [1.82, 2.24) is 9.97 Å². The summed E-state index contributed by atoms with van der Waals surface area (Å²) in [7, 11) is -3.88. The van der Waals surface area contributed by atoms with Gasteiger partial charge < -0.3 is 5.11 Å². The van der Waals surface area contributed by atoms with Gasteiger partial charge in [-0.25, -0.2) is 27.9 Å². The van der Waals surface area contributed by atoms with Crippen LogP contribution in [0.2, 0.25) is 0 Å². The van der Waals surface area contributed by atoms with Gasteiger partial charge in [0.1, 0.15) is 11.4 Å². The van der Waals surface area contributed by atoms with Crippen LogP contribution >= 0.6 is 0 Å². The van der Waals surface area contributed by atoms with Gasteiger partial charge in [0.05, 0.1) is 12.4 Å². The molecule has 8 heteroatoms. The van der Waals surface area contributed by atoms with Crippen LogP contribution in [-0.2, 0) is 10.0 Å². The van der Waals surface area contributed by atoms with Gasteiger partial charge >= 0.3 is 0 Å². The first-order valence-corrected chi connectivity index (χ1v) is 5.60. The maximum Gasteiger partial charge on any atom is 0.214 e. The molecule has 0 aliphatic rings. The van der Waals surface area contributed by atoms with Gasteiger partial charge in [0.25, 0.3) is 0 Å². The van der Waals surface area contributed by atoms with Crippen LogP contribution in [0, 0.1) is 5.82 Å². The third-order valence-corrected chi connectivity index (χ3v) is 3.16. The SMILES string of the molecule is C[C@H]([C@@H](O)c1ncc(F)cn1)S(N)(=O)=O. The molecule has 1 aromatic rings. The van der Waals surface area contributed by atoms with E-state index in [-0.39, 0.29) is 5.82 Å². The van der Waals surface area contributed by atoms with Gasteiger partial charge in [-0.15, -0.1) is 0 Å². The van der Waals surface area contributed by atoms with E-state index in [0.29, 0.717) is 0 Å². The zero-order chi connectivity index (χ0) is 11.6. The third kappa shape index (κ3) is 2.91. The lowest BCUT2D eigenvalue weighted by Crippen LogP contribution is -2.32. The molecular formula is C7H10FN3O3S. The first-order chi connectivity index (χ1) is 6.82. The molecular weight excluding hydrogens is 225 g/mol. The van der Waals surface area contributed by atoms with Crippen LogP contribution in [0.1, 0.15) is 18.9 Å². The lowest BCUT2D eigenvalue weighted by Gasteiger charge is -2.14. The summed E-state index contributed by atoms with van der Waals surface area (Å²) in [6.45, 7) is 1.21. The molecule has 0 bridgehead atoms. The highest BCUT2D eigenvalue weighted by Gasteiger charge is 2.28. The molecule has 0 fully saturated rings. The van der Waals surface area contributed by atoms with Crippen LogP contribution in [0.3, 0.4) is 0 Å². The molecule has 0 amide bonds. The number of sulfonamides is 1. The molecule has 0 aliphatic carbocycles. The summed E-state index contributed by atoms with van der Waals surface area (Å²) in [6, 6.07) is 0. The Balaban J connectivity index is 2.95. The predicted octanol–water partition coefficient (Wildman–Crippen LogP) is -0.674. The van der Waals surface area contributed by atoms with E-state index in [2.05, 4.69) is 9.97 Å². The molecule has 1 rings (SSSR count). The van der Waals surface area contributed by atoms with Crippen molar-refractivity contribution in [2.45, 2.75) is 18.3 Å². The fourth-order valence-electron chi connectivity index (χ4n) is 0.865. The highest BCUT2D eigenvalue weighted by atomic mass is 32.2. The second kappa shape index (κ2) is 4.17. The highest BCUT2D eigenvalue weighted by Crippen LogP contribution is 2.16. The number of nitrogens with zero attached hydrogens (tertiary/aromatic N) is 2. The number of primary sulfonamides is 1. The molecule has 15 heavy (non-hydrogen) atoms. The summed E-state index contributed by atoms with van der Waals surface area (Å²) < 4.78 is 34.2. The first kappa shape index (κ1) is 12.0. The summed E-state index contributed by atoms with van der Waals surface area (Å²) in [4.78, 5) is 6.91. The van der Waals surface area contributed by atoms with E-state index < -0.39 is 27.2 Å². The maximum absolute atomic E-state index is 12.4. The van der Waals surface area contributed by atoms with Gasteiger partial charge in [0, 0.05) is 0 Å². The molecule has 84 valence electrons. The Hall–Kier alpha value is -1.12. The Morgan fingerprint density at radius 2 is 1.93 bits per heavy atom. The predicted molar refractivity (Wildman–Crippen MR) is 49.5 cm³/mol. The van der Waals surface area contributed by atoms with Crippen LogP contribution in [-0.4, -0.2) is 28.7 Å². The molecule has 1 heterocycles. The average Bonchev–Trinajstić information content (AvgIpc) is 2.15. The number of hydrogen-bond acceptors (Lipinski definition) is 5.